The Balaban J connectivity index is 1.88. The molecule has 0 bridgehead atoms. The number of halogens is 3. The van der Waals surface area contributed by atoms with Gasteiger partial charge in [-0.2, -0.15) is 17.5 Å². The molecule has 1 aromatic heterocycles. The molecule has 0 amide bonds. The standard InChI is InChI=1S/C28H23F3N2O6S/c29-28(30,31)21-9-4-8-19(14-21)25-20(13-18-7-3-6-17-5-1-2-10-22(17)18)15-24(35)33-23(27(36)37)16-32(11-12-34)40(38,39)26(25)33/h1-10,14-15,23,34H,11-13,16H2,(H,36,37). The number of aliphatic carboxylic acids is 1. The van der Waals surface area contributed by atoms with Crippen LogP contribution >= 0.6 is 0 Å². The molecule has 1 aliphatic heterocycles. The molecular weight excluding hydrogens is 549 g/mol. The lowest BCUT2D eigenvalue weighted by Gasteiger charge is -2.35. The van der Waals surface area contributed by atoms with Gasteiger partial charge in [0.05, 0.1) is 12.2 Å². The Bertz CT molecular complexity index is 1800. The molecule has 0 saturated carbocycles. The molecule has 1 aliphatic rings. The Morgan fingerprint density at radius 1 is 0.975 bits per heavy atom. The summed E-state index contributed by atoms with van der Waals surface area (Å²) >= 11 is 0. The van der Waals surface area contributed by atoms with E-state index in [0.717, 1.165) is 39.3 Å². The van der Waals surface area contributed by atoms with Crippen molar-refractivity contribution in [3.63, 3.8) is 0 Å². The number of fused-ring (bicyclic) bond motifs is 2. The number of carboxylic acid groups (broad SMARTS) is 1. The number of sulfonamides is 1. The van der Waals surface area contributed by atoms with E-state index in [9.17, 15) is 41.4 Å². The van der Waals surface area contributed by atoms with Crippen molar-refractivity contribution in [2.75, 3.05) is 19.7 Å². The van der Waals surface area contributed by atoms with E-state index in [1.165, 1.54) is 6.07 Å². The van der Waals surface area contributed by atoms with E-state index in [4.69, 9.17) is 0 Å². The number of hydrogen-bond donors (Lipinski definition) is 2. The number of β-amino-alcohol motifs (C(OH)–C–C–N with tert-alkyl or cyclic N) is 1. The third kappa shape index (κ3) is 4.78. The molecule has 0 aliphatic carbocycles. The van der Waals surface area contributed by atoms with Crippen molar-refractivity contribution >= 4 is 26.8 Å². The molecule has 0 radical (unpaired) electrons. The summed E-state index contributed by atoms with van der Waals surface area (Å²) in [5, 5.41) is 20.3. The number of aromatic nitrogens is 1. The second kappa shape index (κ2) is 10.2. The molecule has 2 heterocycles. The van der Waals surface area contributed by atoms with Crippen molar-refractivity contribution in [1.82, 2.24) is 8.87 Å². The molecule has 208 valence electrons. The summed E-state index contributed by atoms with van der Waals surface area (Å²) in [6, 6.07) is 16.2. The fraction of sp³-hybridized carbons (Fsp3) is 0.214. The van der Waals surface area contributed by atoms with Crippen LogP contribution in [0.5, 0.6) is 0 Å². The Hall–Kier alpha value is -4.00. The highest BCUT2D eigenvalue weighted by Crippen LogP contribution is 2.40. The van der Waals surface area contributed by atoms with Crippen LogP contribution in [0.1, 0.15) is 22.7 Å². The van der Waals surface area contributed by atoms with Crippen LogP contribution in [0.2, 0.25) is 0 Å². The molecule has 1 atom stereocenters. The number of hydrogen-bond acceptors (Lipinski definition) is 5. The number of carboxylic acids is 1. The van der Waals surface area contributed by atoms with Crippen LogP contribution in [-0.2, 0) is 27.4 Å². The lowest BCUT2D eigenvalue weighted by Crippen LogP contribution is -2.50. The van der Waals surface area contributed by atoms with E-state index in [0.29, 0.717) is 10.1 Å². The second-order valence-corrected chi connectivity index (χ2v) is 11.2. The lowest BCUT2D eigenvalue weighted by atomic mass is 9.93. The Morgan fingerprint density at radius 2 is 1.68 bits per heavy atom. The van der Waals surface area contributed by atoms with Gasteiger partial charge >= 0.3 is 12.1 Å². The molecule has 5 rings (SSSR count). The minimum absolute atomic E-state index is 0.0245. The molecule has 40 heavy (non-hydrogen) atoms. The van der Waals surface area contributed by atoms with Crippen molar-refractivity contribution in [3.8, 4) is 11.1 Å². The van der Waals surface area contributed by atoms with E-state index in [1.807, 2.05) is 24.3 Å². The van der Waals surface area contributed by atoms with Crippen LogP contribution in [0.4, 0.5) is 13.2 Å². The summed E-state index contributed by atoms with van der Waals surface area (Å²) in [7, 11) is -4.63. The van der Waals surface area contributed by atoms with Crippen LogP contribution in [0, 0.1) is 0 Å². The summed E-state index contributed by atoms with van der Waals surface area (Å²) in [5.41, 5.74) is -1.50. The fourth-order valence-corrected chi connectivity index (χ4v) is 7.03. The van der Waals surface area contributed by atoms with Crippen LogP contribution in [0.25, 0.3) is 21.9 Å². The van der Waals surface area contributed by atoms with Gasteiger partial charge in [-0.15, -0.1) is 0 Å². The molecule has 0 fully saturated rings. The van der Waals surface area contributed by atoms with Gasteiger partial charge in [-0.1, -0.05) is 54.6 Å². The van der Waals surface area contributed by atoms with Crippen LogP contribution in [-0.4, -0.2) is 53.2 Å². The van der Waals surface area contributed by atoms with Crippen molar-refractivity contribution in [3.05, 3.63) is 99.8 Å². The maximum Gasteiger partial charge on any atom is 0.416 e. The van der Waals surface area contributed by atoms with E-state index < -0.39 is 64.1 Å². The highest BCUT2D eigenvalue weighted by molar-refractivity contribution is 7.89. The average Bonchev–Trinajstić information content (AvgIpc) is 2.90. The van der Waals surface area contributed by atoms with Gasteiger partial charge in [0.25, 0.3) is 15.6 Å². The van der Waals surface area contributed by atoms with Gasteiger partial charge in [-0.3, -0.25) is 9.36 Å². The first kappa shape index (κ1) is 27.6. The topological polar surface area (TPSA) is 117 Å². The van der Waals surface area contributed by atoms with E-state index in [-0.39, 0.29) is 23.1 Å². The molecule has 3 aromatic carbocycles. The minimum atomic E-state index is -4.75. The third-order valence-corrected chi connectivity index (χ3v) is 8.84. The van der Waals surface area contributed by atoms with Gasteiger partial charge in [0.1, 0.15) is 6.04 Å². The van der Waals surface area contributed by atoms with Crippen molar-refractivity contribution in [2.45, 2.75) is 23.7 Å². The zero-order valence-corrected chi connectivity index (χ0v) is 21.6. The molecule has 1 unspecified atom stereocenters. The smallest absolute Gasteiger partial charge is 0.416 e. The van der Waals surface area contributed by atoms with Crippen LogP contribution in [0.15, 0.2) is 82.6 Å². The summed E-state index contributed by atoms with van der Waals surface area (Å²) in [4.78, 5) is 25.6. The molecule has 0 saturated heterocycles. The molecule has 4 aromatic rings. The van der Waals surface area contributed by atoms with Gasteiger partial charge in [0.2, 0.25) is 0 Å². The maximum absolute atomic E-state index is 13.8. The quantitative estimate of drug-likeness (QED) is 0.362. The normalized spacial score (nSPS) is 17.1. The molecule has 8 nitrogen and oxygen atoms in total. The number of alkyl halides is 3. The summed E-state index contributed by atoms with van der Waals surface area (Å²) < 4.78 is 70.2. The maximum atomic E-state index is 13.8. The lowest BCUT2D eigenvalue weighted by molar-refractivity contribution is -0.141. The van der Waals surface area contributed by atoms with Crippen molar-refractivity contribution < 1.29 is 36.6 Å². The summed E-state index contributed by atoms with van der Waals surface area (Å²) in [5.74, 6) is -1.50. The van der Waals surface area contributed by atoms with E-state index in [2.05, 4.69) is 0 Å². The Morgan fingerprint density at radius 3 is 2.38 bits per heavy atom. The number of carbonyl (C=O) groups is 1. The number of rotatable bonds is 6. The highest BCUT2D eigenvalue weighted by atomic mass is 32.2. The van der Waals surface area contributed by atoms with Gasteiger partial charge in [0, 0.05) is 24.7 Å². The Labute approximate surface area is 226 Å². The Kier molecular flexibility index (Phi) is 7.02. The molecule has 0 spiro atoms. The SMILES string of the molecule is O=C(O)C1CN(CCO)S(=O)(=O)c2c(-c3cccc(C(F)(F)F)c3)c(Cc3cccc4ccccc34)cc(=O)n21. The first-order valence-corrected chi connectivity index (χ1v) is 13.6. The fourth-order valence-electron chi connectivity index (χ4n) is 5.15. The molecule has 2 N–H and O–H groups in total. The van der Waals surface area contributed by atoms with E-state index >= 15 is 0 Å². The largest absolute Gasteiger partial charge is 0.480 e. The predicted molar refractivity (Wildman–Crippen MR) is 140 cm³/mol. The molecule has 12 heteroatoms. The number of nitrogens with zero attached hydrogens (tertiary/aromatic N) is 2. The highest BCUT2D eigenvalue weighted by Gasteiger charge is 2.43. The monoisotopic (exact) mass is 572 g/mol. The number of aliphatic hydroxyl groups is 1. The van der Waals surface area contributed by atoms with Crippen molar-refractivity contribution in [2.24, 2.45) is 0 Å². The van der Waals surface area contributed by atoms with Gasteiger partial charge in [-0.25, -0.2) is 13.2 Å². The number of aliphatic hydroxyl groups excluding tert-OH is 1. The third-order valence-electron chi connectivity index (χ3n) is 6.94. The zero-order chi connectivity index (χ0) is 28.8. The summed E-state index contributed by atoms with van der Waals surface area (Å²) in [6.07, 6.45) is -4.77. The van der Waals surface area contributed by atoms with Crippen LogP contribution < -0.4 is 5.56 Å². The van der Waals surface area contributed by atoms with E-state index in [1.54, 1.807) is 18.2 Å². The van der Waals surface area contributed by atoms with Crippen LogP contribution in [0.3, 0.4) is 0 Å². The summed E-state index contributed by atoms with van der Waals surface area (Å²) in [6.45, 7) is -1.73. The predicted octanol–water partition coefficient (Wildman–Crippen LogP) is 3.90. The van der Waals surface area contributed by atoms with Gasteiger partial charge in [0.15, 0.2) is 5.03 Å². The van der Waals surface area contributed by atoms with Gasteiger partial charge < -0.3 is 10.2 Å². The minimum Gasteiger partial charge on any atom is -0.480 e. The number of pyridine rings is 1. The number of benzene rings is 3. The average molecular weight is 573 g/mol. The first-order chi connectivity index (χ1) is 18.9. The molecular formula is C28H23F3N2O6S. The first-order valence-electron chi connectivity index (χ1n) is 12.2. The van der Waals surface area contributed by atoms with Crippen molar-refractivity contribution in [1.29, 1.82) is 0 Å². The van der Waals surface area contributed by atoms with Gasteiger partial charge in [-0.05, 0) is 46.0 Å². The zero-order valence-electron chi connectivity index (χ0n) is 20.8. The second-order valence-electron chi connectivity index (χ2n) is 9.39.